The Bertz CT molecular complexity index is 801. The molecule has 1 amide bonds. The number of carbonyl (C=O) groups is 1. The summed E-state index contributed by atoms with van der Waals surface area (Å²) in [4.78, 5) is 28.6. The fourth-order valence-electron chi connectivity index (χ4n) is 3.01. The van der Waals surface area contributed by atoms with Crippen LogP contribution in [0.2, 0.25) is 0 Å². The second-order valence-corrected chi connectivity index (χ2v) is 6.75. The number of anilines is 1. The zero-order valence-electron chi connectivity index (χ0n) is 13.1. The van der Waals surface area contributed by atoms with Crippen LogP contribution in [0.4, 0.5) is 5.95 Å². The fourth-order valence-corrected chi connectivity index (χ4v) is 3.73. The van der Waals surface area contributed by atoms with Crippen LogP contribution < -0.4 is 10.2 Å². The standard InChI is InChI=1S/C16H18N6OS/c23-14(19-9-13-11-22-7-8-24-16(22)20-13)12-3-1-6-21(10-12)15-17-4-2-5-18-15/h2,4-5,7-8,11-12H,1,3,6,9-10H2,(H,19,23). The summed E-state index contributed by atoms with van der Waals surface area (Å²) >= 11 is 1.59. The Hall–Kier alpha value is -2.48. The second-order valence-electron chi connectivity index (χ2n) is 5.88. The highest BCUT2D eigenvalue weighted by Gasteiger charge is 2.26. The number of nitrogens with one attached hydrogen (secondary N) is 1. The molecule has 3 aromatic heterocycles. The van der Waals surface area contributed by atoms with E-state index >= 15 is 0 Å². The third kappa shape index (κ3) is 3.09. The lowest BCUT2D eigenvalue weighted by molar-refractivity contribution is -0.125. The SMILES string of the molecule is O=C(NCc1cn2ccsc2n1)C1CCCN(c2ncccn2)C1. The van der Waals surface area contributed by atoms with Gasteiger partial charge in [0.2, 0.25) is 11.9 Å². The van der Waals surface area contributed by atoms with Crippen molar-refractivity contribution in [1.29, 1.82) is 0 Å². The van der Waals surface area contributed by atoms with Gasteiger partial charge in [-0.05, 0) is 18.9 Å². The molecule has 0 spiro atoms. The molecule has 4 rings (SSSR count). The van der Waals surface area contributed by atoms with Crippen LogP contribution in [-0.2, 0) is 11.3 Å². The van der Waals surface area contributed by atoms with Crippen LogP contribution in [0.5, 0.6) is 0 Å². The summed E-state index contributed by atoms with van der Waals surface area (Å²) in [5, 5.41) is 5.01. The molecule has 124 valence electrons. The Labute approximate surface area is 143 Å². The van der Waals surface area contributed by atoms with Gasteiger partial charge in [-0.25, -0.2) is 15.0 Å². The summed E-state index contributed by atoms with van der Waals surface area (Å²) in [6, 6.07) is 1.80. The van der Waals surface area contributed by atoms with Gasteiger partial charge in [0.15, 0.2) is 4.96 Å². The maximum absolute atomic E-state index is 12.5. The zero-order valence-corrected chi connectivity index (χ0v) is 13.9. The van der Waals surface area contributed by atoms with Gasteiger partial charge in [-0.15, -0.1) is 11.3 Å². The highest BCUT2D eigenvalue weighted by molar-refractivity contribution is 7.15. The van der Waals surface area contributed by atoms with Crippen LogP contribution in [0.15, 0.2) is 36.2 Å². The van der Waals surface area contributed by atoms with Crippen molar-refractivity contribution in [3.8, 4) is 0 Å². The predicted octanol–water partition coefficient (Wildman–Crippen LogP) is 1.72. The Morgan fingerprint density at radius 1 is 1.38 bits per heavy atom. The average Bonchev–Trinajstić information content (AvgIpc) is 3.22. The molecule has 0 aromatic carbocycles. The molecule has 0 saturated carbocycles. The normalized spacial score (nSPS) is 18.0. The number of aromatic nitrogens is 4. The molecule has 4 heterocycles. The third-order valence-electron chi connectivity index (χ3n) is 4.21. The molecule has 8 heteroatoms. The van der Waals surface area contributed by atoms with E-state index in [0.29, 0.717) is 19.0 Å². The van der Waals surface area contributed by atoms with Crippen molar-refractivity contribution in [2.45, 2.75) is 19.4 Å². The maximum atomic E-state index is 12.5. The van der Waals surface area contributed by atoms with E-state index in [1.165, 1.54) is 0 Å². The van der Waals surface area contributed by atoms with Gasteiger partial charge in [-0.3, -0.25) is 9.20 Å². The quantitative estimate of drug-likeness (QED) is 0.781. The van der Waals surface area contributed by atoms with Crippen LogP contribution >= 0.6 is 11.3 Å². The molecule has 1 atom stereocenters. The van der Waals surface area contributed by atoms with Crippen molar-refractivity contribution in [1.82, 2.24) is 24.7 Å². The number of hydrogen-bond acceptors (Lipinski definition) is 6. The first kappa shape index (κ1) is 15.1. The Morgan fingerprint density at radius 3 is 3.08 bits per heavy atom. The minimum absolute atomic E-state index is 0.0358. The van der Waals surface area contributed by atoms with Crippen LogP contribution in [0.1, 0.15) is 18.5 Å². The molecule has 7 nitrogen and oxygen atoms in total. The van der Waals surface area contributed by atoms with Crippen LogP contribution in [0.3, 0.4) is 0 Å². The van der Waals surface area contributed by atoms with Gasteiger partial charge >= 0.3 is 0 Å². The topological polar surface area (TPSA) is 75.4 Å². The maximum Gasteiger partial charge on any atom is 0.225 e. The number of amides is 1. The van der Waals surface area contributed by atoms with Crippen molar-refractivity contribution in [2.24, 2.45) is 5.92 Å². The van der Waals surface area contributed by atoms with Gasteiger partial charge in [0.05, 0.1) is 18.2 Å². The van der Waals surface area contributed by atoms with Crippen molar-refractivity contribution < 1.29 is 4.79 Å². The summed E-state index contributed by atoms with van der Waals surface area (Å²) in [7, 11) is 0. The number of rotatable bonds is 4. The third-order valence-corrected chi connectivity index (χ3v) is 4.98. The average molecular weight is 342 g/mol. The number of imidazole rings is 1. The van der Waals surface area contributed by atoms with E-state index in [1.54, 1.807) is 29.8 Å². The number of nitrogens with zero attached hydrogens (tertiary/aromatic N) is 5. The summed E-state index contributed by atoms with van der Waals surface area (Å²) < 4.78 is 1.97. The lowest BCUT2D eigenvalue weighted by Crippen LogP contribution is -2.43. The molecule has 1 saturated heterocycles. The van der Waals surface area contributed by atoms with Gasteiger partial charge in [-0.1, -0.05) is 0 Å². The van der Waals surface area contributed by atoms with E-state index < -0.39 is 0 Å². The minimum Gasteiger partial charge on any atom is -0.350 e. The van der Waals surface area contributed by atoms with Gasteiger partial charge in [-0.2, -0.15) is 0 Å². The molecule has 24 heavy (non-hydrogen) atoms. The van der Waals surface area contributed by atoms with Crippen LogP contribution in [0.25, 0.3) is 4.96 Å². The van der Waals surface area contributed by atoms with E-state index in [0.717, 1.165) is 30.0 Å². The molecule has 0 aliphatic carbocycles. The zero-order chi connectivity index (χ0) is 16.4. The van der Waals surface area contributed by atoms with Gasteiger partial charge < -0.3 is 10.2 Å². The van der Waals surface area contributed by atoms with Crippen molar-refractivity contribution >= 4 is 28.2 Å². The molecule has 0 bridgehead atoms. The van der Waals surface area contributed by atoms with Crippen LogP contribution in [0, 0.1) is 5.92 Å². The summed E-state index contributed by atoms with van der Waals surface area (Å²) in [6.45, 7) is 2.02. The predicted molar refractivity (Wildman–Crippen MR) is 91.9 cm³/mol. The monoisotopic (exact) mass is 342 g/mol. The first-order chi connectivity index (χ1) is 11.8. The highest BCUT2D eigenvalue weighted by atomic mass is 32.1. The van der Waals surface area contributed by atoms with E-state index in [1.807, 2.05) is 22.2 Å². The largest absolute Gasteiger partial charge is 0.350 e. The Kier molecular flexibility index (Phi) is 4.12. The lowest BCUT2D eigenvalue weighted by Gasteiger charge is -2.31. The van der Waals surface area contributed by atoms with Crippen molar-refractivity contribution in [3.05, 3.63) is 41.9 Å². The molecule has 3 aromatic rings. The van der Waals surface area contributed by atoms with Gasteiger partial charge in [0, 0.05) is 43.3 Å². The number of thiazole rings is 1. The summed E-state index contributed by atoms with van der Waals surface area (Å²) in [5.74, 6) is 0.739. The Morgan fingerprint density at radius 2 is 2.25 bits per heavy atom. The number of carbonyl (C=O) groups excluding carboxylic acids is 1. The molecule has 1 unspecified atom stereocenters. The van der Waals surface area contributed by atoms with Gasteiger partial charge in [0.25, 0.3) is 0 Å². The molecular formula is C16H18N6OS. The minimum atomic E-state index is -0.0358. The van der Waals surface area contributed by atoms with Crippen molar-refractivity contribution in [2.75, 3.05) is 18.0 Å². The van der Waals surface area contributed by atoms with Gasteiger partial charge in [0.1, 0.15) is 0 Å². The summed E-state index contributed by atoms with van der Waals surface area (Å²) in [6.07, 6.45) is 9.26. The fraction of sp³-hybridized carbons (Fsp3) is 0.375. The first-order valence-electron chi connectivity index (χ1n) is 8.00. The second kappa shape index (κ2) is 6.56. The van der Waals surface area contributed by atoms with Crippen LogP contribution in [-0.4, -0.2) is 38.3 Å². The van der Waals surface area contributed by atoms with E-state index in [4.69, 9.17) is 0 Å². The number of piperidine rings is 1. The van der Waals surface area contributed by atoms with Crippen molar-refractivity contribution in [3.63, 3.8) is 0 Å². The van der Waals surface area contributed by atoms with E-state index in [2.05, 4.69) is 25.2 Å². The van der Waals surface area contributed by atoms with E-state index in [-0.39, 0.29) is 11.8 Å². The number of hydrogen-bond donors (Lipinski definition) is 1. The molecule has 1 fully saturated rings. The first-order valence-corrected chi connectivity index (χ1v) is 8.88. The Balaban J connectivity index is 1.36. The highest BCUT2D eigenvalue weighted by Crippen LogP contribution is 2.20. The number of fused-ring (bicyclic) bond motifs is 1. The molecule has 1 N–H and O–H groups in total. The molecular weight excluding hydrogens is 324 g/mol. The molecule has 1 aliphatic heterocycles. The lowest BCUT2D eigenvalue weighted by atomic mass is 9.97. The smallest absolute Gasteiger partial charge is 0.225 e. The van der Waals surface area contributed by atoms with E-state index in [9.17, 15) is 4.79 Å². The molecule has 0 radical (unpaired) electrons. The summed E-state index contributed by atoms with van der Waals surface area (Å²) in [5.41, 5.74) is 0.884. The molecule has 1 aliphatic rings.